The van der Waals surface area contributed by atoms with Crippen LogP contribution < -0.4 is 9.64 Å². The molecule has 1 aliphatic heterocycles. The van der Waals surface area contributed by atoms with Crippen LogP contribution in [-0.2, 0) is 12.8 Å². The molecule has 1 aliphatic carbocycles. The number of aromatic nitrogens is 3. The van der Waals surface area contributed by atoms with Crippen molar-refractivity contribution in [2.24, 2.45) is 0 Å². The fourth-order valence-corrected chi connectivity index (χ4v) is 3.70. The van der Waals surface area contributed by atoms with Crippen LogP contribution in [0.1, 0.15) is 30.7 Å². The Morgan fingerprint density at radius 2 is 1.81 bits per heavy atom. The summed E-state index contributed by atoms with van der Waals surface area (Å²) in [4.78, 5) is 18.4. The Balaban J connectivity index is 1.17. The molecule has 0 aromatic carbocycles. The maximum atomic E-state index is 5.83. The monoisotopic (exact) mass is 353 g/mol. The van der Waals surface area contributed by atoms with Crippen molar-refractivity contribution in [3.8, 4) is 5.88 Å². The van der Waals surface area contributed by atoms with Crippen LogP contribution in [0.25, 0.3) is 0 Å². The highest BCUT2D eigenvalue weighted by Gasteiger charge is 2.17. The van der Waals surface area contributed by atoms with Crippen molar-refractivity contribution in [3.05, 3.63) is 42.0 Å². The summed E-state index contributed by atoms with van der Waals surface area (Å²) in [7, 11) is 0. The summed E-state index contributed by atoms with van der Waals surface area (Å²) >= 11 is 0. The molecule has 26 heavy (non-hydrogen) atoms. The molecule has 4 rings (SSSR count). The Bertz CT molecular complexity index is 701. The van der Waals surface area contributed by atoms with E-state index in [4.69, 9.17) is 4.74 Å². The first-order valence-electron chi connectivity index (χ1n) is 9.74. The van der Waals surface area contributed by atoms with E-state index in [0.29, 0.717) is 12.5 Å². The number of aryl methyl sites for hydroxylation is 2. The molecule has 2 aromatic rings. The van der Waals surface area contributed by atoms with E-state index in [-0.39, 0.29) is 0 Å². The first-order valence-corrected chi connectivity index (χ1v) is 9.74. The summed E-state index contributed by atoms with van der Waals surface area (Å²) in [5.74, 6) is 1.77. The van der Waals surface area contributed by atoms with Crippen LogP contribution in [0.2, 0.25) is 0 Å². The van der Waals surface area contributed by atoms with Gasteiger partial charge in [-0.25, -0.2) is 9.97 Å². The highest BCUT2D eigenvalue weighted by atomic mass is 16.5. The van der Waals surface area contributed by atoms with Crippen LogP contribution in [0, 0.1) is 0 Å². The van der Waals surface area contributed by atoms with Crippen molar-refractivity contribution in [3.63, 3.8) is 0 Å². The topological polar surface area (TPSA) is 54.4 Å². The molecule has 0 amide bonds. The van der Waals surface area contributed by atoms with Crippen molar-refractivity contribution in [1.29, 1.82) is 0 Å². The number of anilines is 1. The smallest absolute Gasteiger partial charge is 0.232 e. The van der Waals surface area contributed by atoms with Gasteiger partial charge in [0, 0.05) is 38.9 Å². The lowest BCUT2D eigenvalue weighted by Crippen LogP contribution is -2.47. The molecule has 3 heterocycles. The summed E-state index contributed by atoms with van der Waals surface area (Å²) in [6, 6.07) is 6.10. The Morgan fingerprint density at radius 1 is 0.962 bits per heavy atom. The number of hydrogen-bond acceptors (Lipinski definition) is 6. The third-order valence-corrected chi connectivity index (χ3v) is 5.20. The largest absolute Gasteiger partial charge is 0.477 e. The van der Waals surface area contributed by atoms with Gasteiger partial charge in [0.1, 0.15) is 5.82 Å². The zero-order valence-corrected chi connectivity index (χ0v) is 15.3. The lowest BCUT2D eigenvalue weighted by atomic mass is 10.0. The fraction of sp³-hybridized carbons (Fsp3) is 0.550. The molecule has 0 radical (unpaired) electrons. The molecule has 138 valence electrons. The van der Waals surface area contributed by atoms with Crippen molar-refractivity contribution >= 4 is 5.82 Å². The minimum absolute atomic E-state index is 0.686. The molecule has 0 saturated carbocycles. The van der Waals surface area contributed by atoms with Gasteiger partial charge >= 0.3 is 0 Å². The third kappa shape index (κ3) is 4.30. The molecule has 0 bridgehead atoms. The first-order chi connectivity index (χ1) is 12.9. The first kappa shape index (κ1) is 17.2. The SMILES string of the molecule is c1ccc(N2CCN(CCCOc3cnc4c(n3)CCCC4)CC2)nc1. The normalized spacial score (nSPS) is 17.8. The number of rotatable bonds is 6. The molecular formula is C20H27N5O. The van der Waals surface area contributed by atoms with Crippen LogP contribution >= 0.6 is 0 Å². The molecule has 1 fully saturated rings. The molecule has 2 aliphatic rings. The molecule has 6 nitrogen and oxygen atoms in total. The molecule has 2 aromatic heterocycles. The van der Waals surface area contributed by atoms with Gasteiger partial charge in [0.25, 0.3) is 0 Å². The predicted octanol–water partition coefficient (Wildman–Crippen LogP) is 2.34. The number of nitrogens with zero attached hydrogens (tertiary/aromatic N) is 5. The average molecular weight is 353 g/mol. The summed E-state index contributed by atoms with van der Waals surface area (Å²) in [5.41, 5.74) is 2.30. The molecule has 0 N–H and O–H groups in total. The van der Waals surface area contributed by atoms with Crippen LogP contribution in [0.3, 0.4) is 0 Å². The predicted molar refractivity (Wildman–Crippen MR) is 102 cm³/mol. The highest BCUT2D eigenvalue weighted by Crippen LogP contribution is 2.19. The quantitative estimate of drug-likeness (QED) is 0.743. The van der Waals surface area contributed by atoms with Gasteiger partial charge < -0.3 is 9.64 Å². The molecular weight excluding hydrogens is 326 g/mol. The summed E-state index contributed by atoms with van der Waals surface area (Å²) in [6.07, 6.45) is 9.22. The zero-order valence-electron chi connectivity index (χ0n) is 15.3. The van der Waals surface area contributed by atoms with Gasteiger partial charge in [0.15, 0.2) is 0 Å². The van der Waals surface area contributed by atoms with Gasteiger partial charge in [-0.15, -0.1) is 0 Å². The minimum atomic E-state index is 0.686. The third-order valence-electron chi connectivity index (χ3n) is 5.20. The number of ether oxygens (including phenoxy) is 1. The number of hydrogen-bond donors (Lipinski definition) is 0. The van der Waals surface area contributed by atoms with E-state index in [0.717, 1.165) is 69.2 Å². The zero-order chi connectivity index (χ0) is 17.6. The lowest BCUT2D eigenvalue weighted by molar-refractivity contribution is 0.221. The van der Waals surface area contributed by atoms with E-state index in [1.165, 1.54) is 12.8 Å². The second-order valence-electron chi connectivity index (χ2n) is 7.03. The number of pyridine rings is 1. The molecule has 0 unspecified atom stereocenters. The van der Waals surface area contributed by atoms with Crippen LogP contribution in [0.15, 0.2) is 30.6 Å². The maximum absolute atomic E-state index is 5.83. The number of piperazine rings is 1. The number of fused-ring (bicyclic) bond motifs is 1. The molecule has 0 atom stereocenters. The van der Waals surface area contributed by atoms with Crippen molar-refractivity contribution in [1.82, 2.24) is 19.9 Å². The second kappa shape index (κ2) is 8.45. The van der Waals surface area contributed by atoms with E-state index >= 15 is 0 Å². The summed E-state index contributed by atoms with van der Waals surface area (Å²) in [5, 5.41) is 0. The minimum Gasteiger partial charge on any atom is -0.477 e. The van der Waals surface area contributed by atoms with Crippen LogP contribution in [0.4, 0.5) is 5.82 Å². The van der Waals surface area contributed by atoms with Gasteiger partial charge in [-0.2, -0.15) is 0 Å². The van der Waals surface area contributed by atoms with Gasteiger partial charge in [0.05, 0.1) is 24.2 Å². The highest BCUT2D eigenvalue weighted by molar-refractivity contribution is 5.38. The van der Waals surface area contributed by atoms with Crippen molar-refractivity contribution in [2.75, 3.05) is 44.2 Å². The van der Waals surface area contributed by atoms with Crippen LogP contribution in [0.5, 0.6) is 5.88 Å². The van der Waals surface area contributed by atoms with E-state index in [9.17, 15) is 0 Å². The second-order valence-corrected chi connectivity index (χ2v) is 7.03. The standard InChI is InChI=1S/C20H27N5O/c1-2-7-18-17(6-1)22-16-20(23-18)26-15-5-10-24-11-13-25(14-12-24)19-8-3-4-9-21-19/h3-4,8-9,16H,1-2,5-7,10-15H2. The molecule has 6 heteroatoms. The van der Waals surface area contributed by atoms with E-state index in [1.807, 2.05) is 12.3 Å². The van der Waals surface area contributed by atoms with Gasteiger partial charge in [0.2, 0.25) is 5.88 Å². The lowest BCUT2D eigenvalue weighted by Gasteiger charge is -2.35. The maximum Gasteiger partial charge on any atom is 0.232 e. The van der Waals surface area contributed by atoms with Gasteiger partial charge in [-0.1, -0.05) is 6.07 Å². The summed E-state index contributed by atoms with van der Waals surface area (Å²) in [6.45, 7) is 6.00. The Kier molecular flexibility index (Phi) is 5.59. The Hall–Kier alpha value is -2.21. The molecule has 0 spiro atoms. The van der Waals surface area contributed by atoms with Crippen molar-refractivity contribution < 1.29 is 4.74 Å². The van der Waals surface area contributed by atoms with E-state index in [1.54, 1.807) is 6.20 Å². The van der Waals surface area contributed by atoms with E-state index in [2.05, 4.69) is 36.9 Å². The Morgan fingerprint density at radius 3 is 2.62 bits per heavy atom. The Labute approximate surface area is 155 Å². The summed E-state index contributed by atoms with van der Waals surface area (Å²) < 4.78 is 5.83. The fourth-order valence-electron chi connectivity index (χ4n) is 3.70. The van der Waals surface area contributed by atoms with Crippen molar-refractivity contribution in [2.45, 2.75) is 32.1 Å². The molecule has 1 saturated heterocycles. The van der Waals surface area contributed by atoms with E-state index < -0.39 is 0 Å². The average Bonchev–Trinajstić information content (AvgIpc) is 2.72. The van der Waals surface area contributed by atoms with Crippen LogP contribution in [-0.4, -0.2) is 59.2 Å². The van der Waals surface area contributed by atoms with Gasteiger partial charge in [-0.3, -0.25) is 9.88 Å². The van der Waals surface area contributed by atoms with Gasteiger partial charge in [-0.05, 0) is 44.2 Å².